The van der Waals surface area contributed by atoms with Crippen LogP contribution in [0.3, 0.4) is 0 Å². The van der Waals surface area contributed by atoms with Crippen molar-refractivity contribution in [2.45, 2.75) is 33.6 Å². The summed E-state index contributed by atoms with van der Waals surface area (Å²) < 4.78 is 9.67. The van der Waals surface area contributed by atoms with Crippen molar-refractivity contribution < 1.29 is 28.7 Å². The highest BCUT2D eigenvalue weighted by Crippen LogP contribution is 2.36. The highest BCUT2D eigenvalue weighted by Gasteiger charge is 2.33. The monoisotopic (exact) mass is 368 g/mol. The summed E-state index contributed by atoms with van der Waals surface area (Å²) in [6.45, 7) is 5.14. The van der Waals surface area contributed by atoms with Gasteiger partial charge in [-0.2, -0.15) is 0 Å². The van der Waals surface area contributed by atoms with Crippen LogP contribution in [0.2, 0.25) is 0 Å². The number of thiophene rings is 1. The maximum atomic E-state index is 12.4. The molecule has 0 aromatic carbocycles. The molecule has 0 spiro atoms. The molecule has 0 saturated heterocycles. The van der Waals surface area contributed by atoms with Crippen LogP contribution in [0.4, 0.5) is 9.80 Å². The van der Waals surface area contributed by atoms with Gasteiger partial charge in [-0.3, -0.25) is 14.9 Å². The third-order valence-corrected chi connectivity index (χ3v) is 4.70. The van der Waals surface area contributed by atoms with Crippen molar-refractivity contribution >= 4 is 40.2 Å². The van der Waals surface area contributed by atoms with Gasteiger partial charge >= 0.3 is 12.1 Å². The molecule has 1 fully saturated rings. The number of esters is 1. The van der Waals surface area contributed by atoms with Crippen molar-refractivity contribution in [1.29, 1.82) is 0 Å². The van der Waals surface area contributed by atoms with Crippen LogP contribution >= 0.6 is 11.3 Å². The molecule has 0 radical (unpaired) electrons. The number of anilines is 1. The number of rotatable bonds is 6. The zero-order chi connectivity index (χ0) is 18.6. The molecular formula is C16H20N2O6S. The van der Waals surface area contributed by atoms with Crippen LogP contribution in [-0.2, 0) is 14.3 Å². The first kappa shape index (κ1) is 18.9. The van der Waals surface area contributed by atoms with Crippen LogP contribution in [0.25, 0.3) is 0 Å². The Morgan fingerprint density at radius 1 is 1.12 bits per heavy atom. The Labute approximate surface area is 148 Å². The molecule has 1 aliphatic rings. The Hall–Kier alpha value is -2.42. The topological polar surface area (TPSA) is 111 Å². The van der Waals surface area contributed by atoms with Gasteiger partial charge < -0.3 is 14.8 Å². The molecule has 0 atom stereocenters. The third kappa shape index (κ3) is 4.56. The van der Waals surface area contributed by atoms with Gasteiger partial charge in [-0.1, -0.05) is 0 Å². The molecule has 2 N–H and O–H groups in total. The SMILES string of the molecule is CCOC(=O)NC(=O)c1c(NC(=O)C2CC2)sc(C(=O)OCC)c1C. The number of carbonyl (C=O) groups is 4. The quantitative estimate of drug-likeness (QED) is 0.746. The fourth-order valence-electron chi connectivity index (χ4n) is 2.15. The number of hydrogen-bond donors (Lipinski definition) is 2. The fourth-order valence-corrected chi connectivity index (χ4v) is 3.25. The van der Waals surface area contributed by atoms with E-state index in [1.807, 2.05) is 0 Å². The van der Waals surface area contributed by atoms with Crippen LogP contribution < -0.4 is 10.6 Å². The molecule has 1 aromatic heterocycles. The molecule has 0 bridgehead atoms. The number of carbonyl (C=O) groups excluding carboxylic acids is 4. The minimum absolute atomic E-state index is 0.0649. The van der Waals surface area contributed by atoms with Crippen LogP contribution in [0.1, 0.15) is 52.3 Å². The van der Waals surface area contributed by atoms with Crippen molar-refractivity contribution in [3.8, 4) is 0 Å². The summed E-state index contributed by atoms with van der Waals surface area (Å²) in [6.07, 6.45) is 0.701. The van der Waals surface area contributed by atoms with E-state index < -0.39 is 18.0 Å². The lowest BCUT2D eigenvalue weighted by Gasteiger charge is -2.07. The Balaban J connectivity index is 2.32. The summed E-state index contributed by atoms with van der Waals surface area (Å²) in [4.78, 5) is 48.2. The van der Waals surface area contributed by atoms with Crippen LogP contribution in [0.5, 0.6) is 0 Å². The highest BCUT2D eigenvalue weighted by molar-refractivity contribution is 7.18. The van der Waals surface area contributed by atoms with Gasteiger partial charge in [0.2, 0.25) is 5.91 Å². The van der Waals surface area contributed by atoms with E-state index in [9.17, 15) is 19.2 Å². The first-order valence-electron chi connectivity index (χ1n) is 7.98. The third-order valence-electron chi connectivity index (χ3n) is 3.51. The molecule has 25 heavy (non-hydrogen) atoms. The molecule has 1 saturated carbocycles. The molecule has 0 aliphatic heterocycles. The van der Waals surface area contributed by atoms with Crippen molar-refractivity contribution in [3.63, 3.8) is 0 Å². The molecule has 3 amide bonds. The first-order valence-corrected chi connectivity index (χ1v) is 8.80. The molecule has 1 heterocycles. The molecule has 0 unspecified atom stereocenters. The summed E-state index contributed by atoms with van der Waals surface area (Å²) >= 11 is 0.957. The first-order chi connectivity index (χ1) is 11.9. The van der Waals surface area contributed by atoms with E-state index in [-0.39, 0.29) is 40.5 Å². The molecule has 1 aromatic rings. The van der Waals surface area contributed by atoms with E-state index in [1.54, 1.807) is 20.8 Å². The van der Waals surface area contributed by atoms with E-state index in [2.05, 4.69) is 15.4 Å². The lowest BCUT2D eigenvalue weighted by atomic mass is 10.1. The molecular weight excluding hydrogens is 348 g/mol. The highest BCUT2D eigenvalue weighted by atomic mass is 32.1. The lowest BCUT2D eigenvalue weighted by Crippen LogP contribution is -2.32. The zero-order valence-electron chi connectivity index (χ0n) is 14.3. The summed E-state index contributed by atoms with van der Waals surface area (Å²) in [6, 6.07) is 0. The van der Waals surface area contributed by atoms with Gasteiger partial charge in [0.1, 0.15) is 9.88 Å². The van der Waals surface area contributed by atoms with Gasteiger partial charge in [0.25, 0.3) is 5.91 Å². The number of nitrogens with one attached hydrogen (secondary N) is 2. The normalized spacial score (nSPS) is 13.1. The lowest BCUT2D eigenvalue weighted by molar-refractivity contribution is -0.117. The predicted octanol–water partition coefficient (Wildman–Crippen LogP) is 2.47. The number of hydrogen-bond acceptors (Lipinski definition) is 7. The largest absolute Gasteiger partial charge is 0.462 e. The Bertz CT molecular complexity index is 708. The summed E-state index contributed by atoms with van der Waals surface area (Å²) in [7, 11) is 0. The van der Waals surface area contributed by atoms with E-state index in [0.29, 0.717) is 5.56 Å². The average molecular weight is 368 g/mol. The average Bonchev–Trinajstić information content (AvgIpc) is 3.32. The Morgan fingerprint density at radius 3 is 2.32 bits per heavy atom. The molecule has 136 valence electrons. The van der Waals surface area contributed by atoms with Gasteiger partial charge in [0.15, 0.2) is 0 Å². The fraction of sp³-hybridized carbons (Fsp3) is 0.500. The van der Waals surface area contributed by atoms with Crippen LogP contribution in [-0.4, -0.2) is 37.1 Å². The summed E-state index contributed by atoms with van der Waals surface area (Å²) in [5.74, 6) is -1.60. The van der Waals surface area contributed by atoms with Crippen LogP contribution in [0.15, 0.2) is 0 Å². The predicted molar refractivity (Wildman–Crippen MR) is 90.9 cm³/mol. The van der Waals surface area contributed by atoms with E-state index >= 15 is 0 Å². The van der Waals surface area contributed by atoms with Crippen molar-refractivity contribution in [2.75, 3.05) is 18.5 Å². The van der Waals surface area contributed by atoms with Gasteiger partial charge in [0, 0.05) is 5.92 Å². The second-order valence-electron chi connectivity index (χ2n) is 5.42. The molecule has 2 rings (SSSR count). The smallest absolute Gasteiger partial charge is 0.414 e. The van der Waals surface area contributed by atoms with E-state index in [1.165, 1.54) is 0 Å². The van der Waals surface area contributed by atoms with Crippen LogP contribution in [0, 0.1) is 12.8 Å². The van der Waals surface area contributed by atoms with Crippen molar-refractivity contribution in [2.24, 2.45) is 5.92 Å². The van der Waals surface area contributed by atoms with E-state index in [4.69, 9.17) is 4.74 Å². The second-order valence-corrected chi connectivity index (χ2v) is 6.44. The second kappa shape index (κ2) is 8.11. The zero-order valence-corrected chi connectivity index (χ0v) is 15.1. The maximum absolute atomic E-state index is 12.4. The molecule has 1 aliphatic carbocycles. The molecule has 9 heteroatoms. The van der Waals surface area contributed by atoms with Gasteiger partial charge in [-0.25, -0.2) is 9.59 Å². The minimum Gasteiger partial charge on any atom is -0.462 e. The number of alkyl carbamates (subject to hydrolysis) is 1. The molecule has 8 nitrogen and oxygen atoms in total. The van der Waals surface area contributed by atoms with Crippen molar-refractivity contribution in [1.82, 2.24) is 5.32 Å². The number of ether oxygens (including phenoxy) is 2. The Kier molecular flexibility index (Phi) is 6.13. The van der Waals surface area contributed by atoms with Crippen molar-refractivity contribution in [3.05, 3.63) is 16.0 Å². The number of imide groups is 1. The van der Waals surface area contributed by atoms with Gasteiger partial charge in [-0.05, 0) is 39.2 Å². The standard InChI is InChI=1S/C16H20N2O6S/c1-4-23-15(21)11-8(3)10(13(20)18-16(22)24-5-2)14(25-11)17-12(19)9-6-7-9/h9H,4-7H2,1-3H3,(H,17,19)(H,18,20,22). The Morgan fingerprint density at radius 2 is 1.76 bits per heavy atom. The van der Waals surface area contributed by atoms with Gasteiger partial charge in [0.05, 0.1) is 18.8 Å². The van der Waals surface area contributed by atoms with Gasteiger partial charge in [-0.15, -0.1) is 11.3 Å². The van der Waals surface area contributed by atoms with E-state index in [0.717, 1.165) is 24.2 Å². The minimum atomic E-state index is -0.893. The maximum Gasteiger partial charge on any atom is 0.414 e. The summed E-state index contributed by atoms with van der Waals surface area (Å²) in [5.41, 5.74) is 0.409. The number of amides is 3. The summed E-state index contributed by atoms with van der Waals surface area (Å²) in [5, 5.41) is 4.98.